The lowest BCUT2D eigenvalue weighted by molar-refractivity contribution is 0.608. The molecule has 1 N–H and O–H groups in total. The van der Waals surface area contributed by atoms with E-state index in [2.05, 4.69) is 10.3 Å². The Morgan fingerprint density at radius 3 is 3.20 bits per heavy atom. The fourth-order valence-electron chi connectivity index (χ4n) is 1.74. The van der Waals surface area contributed by atoms with Crippen molar-refractivity contribution in [3.05, 3.63) is 29.8 Å². The van der Waals surface area contributed by atoms with Gasteiger partial charge in [-0.1, -0.05) is 0 Å². The monoisotopic (exact) mass is 226 g/mol. The summed E-state index contributed by atoms with van der Waals surface area (Å²) in [5.41, 5.74) is 0.915. The van der Waals surface area contributed by atoms with Gasteiger partial charge in [-0.25, -0.2) is 4.39 Å². The summed E-state index contributed by atoms with van der Waals surface area (Å²) < 4.78 is 12.8. The lowest BCUT2D eigenvalue weighted by atomic mass is 10.2. The summed E-state index contributed by atoms with van der Waals surface area (Å²) in [5.74, 6) is 1.03. The Hall–Kier alpha value is -0.610. The molecule has 1 fully saturated rings. The van der Waals surface area contributed by atoms with E-state index in [0.717, 1.165) is 17.4 Å². The van der Waals surface area contributed by atoms with Crippen molar-refractivity contribution < 1.29 is 4.39 Å². The van der Waals surface area contributed by atoms with Crippen LogP contribution in [0, 0.1) is 5.82 Å². The summed E-state index contributed by atoms with van der Waals surface area (Å²) in [6, 6.07) is 1.53. The Bertz CT molecular complexity index is 313. The molecule has 0 bridgehead atoms. The molecule has 1 aromatic rings. The van der Waals surface area contributed by atoms with Crippen LogP contribution in [-0.2, 0) is 6.54 Å². The van der Waals surface area contributed by atoms with Crippen LogP contribution in [0.2, 0.25) is 0 Å². The van der Waals surface area contributed by atoms with Crippen LogP contribution in [0.25, 0.3) is 0 Å². The first kappa shape index (κ1) is 10.9. The third-order valence-corrected chi connectivity index (χ3v) is 3.88. The van der Waals surface area contributed by atoms with Crippen LogP contribution in [0.15, 0.2) is 18.5 Å². The minimum Gasteiger partial charge on any atom is -0.312 e. The minimum absolute atomic E-state index is 0.260. The molecule has 1 unspecified atom stereocenters. The lowest BCUT2D eigenvalue weighted by Gasteiger charge is -2.09. The number of aromatic nitrogens is 1. The fourth-order valence-corrected chi connectivity index (χ4v) is 2.97. The van der Waals surface area contributed by atoms with Crippen molar-refractivity contribution in [2.45, 2.75) is 24.6 Å². The van der Waals surface area contributed by atoms with Gasteiger partial charge in [-0.05, 0) is 30.2 Å². The molecule has 82 valence electrons. The van der Waals surface area contributed by atoms with Crippen molar-refractivity contribution in [2.24, 2.45) is 0 Å². The zero-order chi connectivity index (χ0) is 10.5. The molecule has 0 spiro atoms. The van der Waals surface area contributed by atoms with E-state index in [1.165, 1.54) is 30.9 Å². The molecule has 0 aromatic carbocycles. The number of nitrogens with zero attached hydrogens (tertiary/aromatic N) is 1. The van der Waals surface area contributed by atoms with Gasteiger partial charge in [-0.2, -0.15) is 11.8 Å². The highest BCUT2D eigenvalue weighted by atomic mass is 32.2. The first-order valence-electron chi connectivity index (χ1n) is 5.26. The summed E-state index contributed by atoms with van der Waals surface area (Å²) in [5, 5.41) is 4.09. The molecule has 0 amide bonds. The Labute approximate surface area is 93.7 Å². The Morgan fingerprint density at radius 2 is 2.47 bits per heavy atom. The molecule has 2 rings (SSSR count). The second-order valence-corrected chi connectivity index (χ2v) is 5.19. The average molecular weight is 226 g/mol. The van der Waals surface area contributed by atoms with E-state index in [9.17, 15) is 4.39 Å². The van der Waals surface area contributed by atoms with E-state index in [1.54, 1.807) is 6.20 Å². The quantitative estimate of drug-likeness (QED) is 0.852. The maximum absolute atomic E-state index is 12.8. The Morgan fingerprint density at radius 1 is 1.53 bits per heavy atom. The minimum atomic E-state index is -0.260. The maximum atomic E-state index is 12.8. The van der Waals surface area contributed by atoms with Gasteiger partial charge in [0.25, 0.3) is 0 Å². The van der Waals surface area contributed by atoms with E-state index in [-0.39, 0.29) is 5.82 Å². The van der Waals surface area contributed by atoms with Gasteiger partial charge in [0.15, 0.2) is 0 Å². The second-order valence-electron chi connectivity index (χ2n) is 3.78. The van der Waals surface area contributed by atoms with Crippen molar-refractivity contribution in [3.8, 4) is 0 Å². The van der Waals surface area contributed by atoms with Gasteiger partial charge in [0.1, 0.15) is 5.82 Å². The van der Waals surface area contributed by atoms with Crippen LogP contribution in [-0.4, -0.2) is 22.5 Å². The summed E-state index contributed by atoms with van der Waals surface area (Å²) in [6.45, 7) is 1.73. The fraction of sp³-hybridized carbons (Fsp3) is 0.545. The smallest absolute Gasteiger partial charge is 0.141 e. The Kier molecular flexibility index (Phi) is 3.97. The number of hydrogen-bond acceptors (Lipinski definition) is 3. The zero-order valence-electron chi connectivity index (χ0n) is 8.58. The van der Waals surface area contributed by atoms with Gasteiger partial charge in [0.2, 0.25) is 0 Å². The van der Waals surface area contributed by atoms with Gasteiger partial charge >= 0.3 is 0 Å². The molecule has 2 heterocycles. The molecule has 0 radical (unpaired) electrons. The molecule has 4 heteroatoms. The molecule has 0 saturated carbocycles. The second kappa shape index (κ2) is 5.47. The normalized spacial score (nSPS) is 20.7. The van der Waals surface area contributed by atoms with Crippen molar-refractivity contribution in [2.75, 3.05) is 12.3 Å². The molecular weight excluding hydrogens is 211 g/mol. The van der Waals surface area contributed by atoms with Crippen LogP contribution in [0.1, 0.15) is 18.4 Å². The van der Waals surface area contributed by atoms with Crippen molar-refractivity contribution in [1.29, 1.82) is 0 Å². The van der Waals surface area contributed by atoms with E-state index in [1.807, 2.05) is 11.8 Å². The first-order valence-corrected chi connectivity index (χ1v) is 6.31. The number of hydrogen-bond donors (Lipinski definition) is 1. The van der Waals surface area contributed by atoms with Gasteiger partial charge in [0.05, 0.1) is 6.20 Å². The van der Waals surface area contributed by atoms with E-state index < -0.39 is 0 Å². The van der Waals surface area contributed by atoms with Crippen LogP contribution < -0.4 is 5.32 Å². The van der Waals surface area contributed by atoms with E-state index in [4.69, 9.17) is 0 Å². The largest absolute Gasteiger partial charge is 0.312 e. The molecule has 2 nitrogen and oxygen atoms in total. The molecule has 1 atom stereocenters. The number of rotatable bonds is 4. The zero-order valence-corrected chi connectivity index (χ0v) is 9.39. The number of thioether (sulfide) groups is 1. The Balaban J connectivity index is 1.73. The van der Waals surface area contributed by atoms with Gasteiger partial charge in [-0.3, -0.25) is 4.98 Å². The summed E-state index contributed by atoms with van der Waals surface area (Å²) in [6.07, 6.45) is 5.58. The predicted molar refractivity (Wildman–Crippen MR) is 61.4 cm³/mol. The van der Waals surface area contributed by atoms with E-state index in [0.29, 0.717) is 6.54 Å². The SMILES string of the molecule is Fc1cncc(CNCC2CCCS2)c1. The van der Waals surface area contributed by atoms with Crippen molar-refractivity contribution in [3.63, 3.8) is 0 Å². The highest BCUT2D eigenvalue weighted by Crippen LogP contribution is 2.25. The maximum Gasteiger partial charge on any atom is 0.141 e. The predicted octanol–water partition coefficient (Wildman–Crippen LogP) is 2.21. The molecule has 1 aromatic heterocycles. The van der Waals surface area contributed by atoms with Crippen molar-refractivity contribution in [1.82, 2.24) is 10.3 Å². The third-order valence-electron chi connectivity index (χ3n) is 2.49. The van der Waals surface area contributed by atoms with Gasteiger partial charge in [-0.15, -0.1) is 0 Å². The number of pyridine rings is 1. The van der Waals surface area contributed by atoms with Crippen LogP contribution in [0.5, 0.6) is 0 Å². The highest BCUT2D eigenvalue weighted by Gasteiger charge is 2.14. The van der Waals surface area contributed by atoms with Crippen LogP contribution in [0.4, 0.5) is 4.39 Å². The standard InChI is InChI=1S/C11H15FN2S/c12-10-4-9(5-13-7-10)6-14-8-11-2-1-3-15-11/h4-5,7,11,14H,1-3,6,8H2. The molecule has 1 saturated heterocycles. The molecule has 1 aliphatic rings. The molecular formula is C11H15FN2S. The van der Waals surface area contributed by atoms with Crippen molar-refractivity contribution >= 4 is 11.8 Å². The van der Waals surface area contributed by atoms with Crippen LogP contribution in [0.3, 0.4) is 0 Å². The van der Waals surface area contributed by atoms with E-state index >= 15 is 0 Å². The summed E-state index contributed by atoms with van der Waals surface area (Å²) in [4.78, 5) is 3.81. The van der Waals surface area contributed by atoms with Gasteiger partial charge in [0, 0.05) is 24.5 Å². The average Bonchev–Trinajstić information content (AvgIpc) is 2.71. The molecule has 0 aliphatic carbocycles. The highest BCUT2D eigenvalue weighted by molar-refractivity contribution is 8.00. The summed E-state index contributed by atoms with van der Waals surface area (Å²) >= 11 is 2.03. The number of nitrogens with one attached hydrogen (secondary N) is 1. The summed E-state index contributed by atoms with van der Waals surface area (Å²) in [7, 11) is 0. The number of halogens is 1. The third kappa shape index (κ3) is 3.47. The van der Waals surface area contributed by atoms with Gasteiger partial charge < -0.3 is 5.32 Å². The topological polar surface area (TPSA) is 24.9 Å². The first-order chi connectivity index (χ1) is 7.34. The molecule has 1 aliphatic heterocycles. The lowest BCUT2D eigenvalue weighted by Crippen LogP contribution is -2.22. The molecule has 15 heavy (non-hydrogen) atoms. The van der Waals surface area contributed by atoms with Crippen LogP contribution >= 0.6 is 11.8 Å².